The highest BCUT2D eigenvalue weighted by Gasteiger charge is 2.08. The van der Waals surface area contributed by atoms with Crippen LogP contribution in [-0.2, 0) is 13.0 Å². The van der Waals surface area contributed by atoms with Gasteiger partial charge < -0.3 is 0 Å². The molecule has 0 spiro atoms. The predicted octanol–water partition coefficient (Wildman–Crippen LogP) is 3.45. The molecule has 0 radical (unpaired) electrons. The largest absolute Gasteiger partial charge is 0.294 e. The Bertz CT molecular complexity index is 734. The number of rotatable bonds is 5. The summed E-state index contributed by atoms with van der Waals surface area (Å²) in [6.07, 6.45) is 4.50. The molecule has 1 aromatic heterocycles. The van der Waals surface area contributed by atoms with E-state index in [2.05, 4.69) is 16.7 Å². The van der Waals surface area contributed by atoms with E-state index >= 15 is 0 Å². The van der Waals surface area contributed by atoms with Gasteiger partial charge in [-0.15, -0.1) is 0 Å². The first-order chi connectivity index (χ1) is 10.8. The number of carbonyl (C=O) groups excluding carboxylic acids is 1. The molecule has 0 saturated carbocycles. The molecule has 22 heavy (non-hydrogen) atoms. The van der Waals surface area contributed by atoms with Crippen LogP contribution in [0.4, 0.5) is 0 Å². The highest BCUT2D eigenvalue weighted by Crippen LogP contribution is 2.06. The van der Waals surface area contributed by atoms with Gasteiger partial charge in [-0.1, -0.05) is 60.7 Å². The number of nitrogens with zero attached hydrogens (tertiary/aromatic N) is 1. The van der Waals surface area contributed by atoms with Crippen LogP contribution in [0.25, 0.3) is 0 Å². The monoisotopic (exact) mass is 288 g/mol. The number of ketones is 1. The number of pyridine rings is 1. The molecule has 0 aliphatic carbocycles. The molecule has 108 valence electrons. The summed E-state index contributed by atoms with van der Waals surface area (Å²) < 4.78 is 2.12. The maximum atomic E-state index is 12.2. The fraction of sp³-hybridized carbons (Fsp3) is 0.100. The lowest BCUT2D eigenvalue weighted by Gasteiger charge is -2.02. The molecule has 0 atom stereocenters. The quantitative estimate of drug-likeness (QED) is 0.520. The molecule has 0 unspecified atom stereocenters. The molecule has 1 heterocycles. The van der Waals surface area contributed by atoms with Crippen LogP contribution in [0, 0.1) is 0 Å². The molecule has 0 aliphatic rings. The molecule has 0 saturated heterocycles. The first kappa shape index (κ1) is 14.2. The first-order valence-corrected chi connectivity index (χ1v) is 7.41. The van der Waals surface area contributed by atoms with Crippen molar-refractivity contribution in [1.29, 1.82) is 0 Å². The molecule has 3 aromatic rings. The lowest BCUT2D eigenvalue weighted by atomic mass is 10.0. The van der Waals surface area contributed by atoms with Crippen LogP contribution in [0.1, 0.15) is 21.5 Å². The SMILES string of the molecule is O=C(Cc1cc[n+](Cc2ccccc2)cc1)c1ccccc1. The molecule has 0 amide bonds. The van der Waals surface area contributed by atoms with E-state index in [-0.39, 0.29) is 5.78 Å². The molecule has 0 fully saturated rings. The van der Waals surface area contributed by atoms with Gasteiger partial charge in [0, 0.05) is 29.7 Å². The number of aromatic nitrogens is 1. The Morgan fingerprint density at radius 1 is 0.727 bits per heavy atom. The zero-order chi connectivity index (χ0) is 15.2. The standard InChI is InChI=1S/C20H18NO/c22-20(19-9-5-2-6-10-19)15-17-11-13-21(14-12-17)16-18-7-3-1-4-8-18/h1-14H,15-16H2/q+1. The zero-order valence-electron chi connectivity index (χ0n) is 12.4. The van der Waals surface area contributed by atoms with Crippen LogP contribution in [-0.4, -0.2) is 5.78 Å². The Morgan fingerprint density at radius 2 is 1.32 bits per heavy atom. The Hall–Kier alpha value is -2.74. The molecule has 0 bridgehead atoms. The average Bonchev–Trinajstić information content (AvgIpc) is 2.58. The summed E-state index contributed by atoms with van der Waals surface area (Å²) in [4.78, 5) is 12.2. The predicted molar refractivity (Wildman–Crippen MR) is 86.7 cm³/mol. The van der Waals surface area contributed by atoms with Gasteiger partial charge in [0.1, 0.15) is 0 Å². The Morgan fingerprint density at radius 3 is 1.95 bits per heavy atom. The number of Topliss-reactive ketones (excluding diaryl/α,β-unsaturated/α-hetero) is 1. The Kier molecular flexibility index (Phi) is 4.40. The molecular formula is C20H18NO+. The van der Waals surface area contributed by atoms with Crippen LogP contribution in [0.2, 0.25) is 0 Å². The average molecular weight is 288 g/mol. The van der Waals surface area contributed by atoms with E-state index in [1.54, 1.807) is 0 Å². The number of benzene rings is 2. The maximum Gasteiger partial charge on any atom is 0.173 e. The van der Waals surface area contributed by atoms with Crippen molar-refractivity contribution < 1.29 is 9.36 Å². The van der Waals surface area contributed by atoms with E-state index in [0.29, 0.717) is 6.42 Å². The minimum atomic E-state index is 0.154. The van der Waals surface area contributed by atoms with Gasteiger partial charge in [-0.25, -0.2) is 4.57 Å². The van der Waals surface area contributed by atoms with Gasteiger partial charge in [0.25, 0.3) is 0 Å². The minimum absolute atomic E-state index is 0.154. The van der Waals surface area contributed by atoms with Gasteiger partial charge in [-0.05, 0) is 5.56 Å². The van der Waals surface area contributed by atoms with Gasteiger partial charge in [0.2, 0.25) is 0 Å². The van der Waals surface area contributed by atoms with Gasteiger partial charge in [0.05, 0.1) is 0 Å². The summed E-state index contributed by atoms with van der Waals surface area (Å²) in [5.41, 5.74) is 3.07. The summed E-state index contributed by atoms with van der Waals surface area (Å²) in [7, 11) is 0. The summed E-state index contributed by atoms with van der Waals surface area (Å²) in [5.74, 6) is 0.154. The summed E-state index contributed by atoms with van der Waals surface area (Å²) in [6.45, 7) is 0.841. The molecule has 2 aromatic carbocycles. The smallest absolute Gasteiger partial charge is 0.173 e. The van der Waals surface area contributed by atoms with Crippen LogP contribution in [0.3, 0.4) is 0 Å². The molecule has 2 heteroatoms. The summed E-state index contributed by atoms with van der Waals surface area (Å²) in [6, 6.07) is 23.8. The fourth-order valence-corrected chi connectivity index (χ4v) is 2.42. The molecule has 0 N–H and O–H groups in total. The van der Waals surface area contributed by atoms with Crippen molar-refractivity contribution in [1.82, 2.24) is 0 Å². The van der Waals surface area contributed by atoms with Crippen molar-refractivity contribution in [2.24, 2.45) is 0 Å². The summed E-state index contributed by atoms with van der Waals surface area (Å²) in [5, 5.41) is 0. The maximum absolute atomic E-state index is 12.2. The van der Waals surface area contributed by atoms with E-state index in [1.165, 1.54) is 5.56 Å². The topological polar surface area (TPSA) is 20.9 Å². The lowest BCUT2D eigenvalue weighted by Crippen LogP contribution is -2.33. The van der Waals surface area contributed by atoms with Crippen molar-refractivity contribution in [3.8, 4) is 0 Å². The van der Waals surface area contributed by atoms with Crippen molar-refractivity contribution in [3.63, 3.8) is 0 Å². The van der Waals surface area contributed by atoms with Crippen molar-refractivity contribution >= 4 is 5.78 Å². The Balaban J connectivity index is 1.66. The number of carbonyl (C=O) groups is 1. The normalized spacial score (nSPS) is 10.4. The zero-order valence-corrected chi connectivity index (χ0v) is 12.4. The van der Waals surface area contributed by atoms with E-state index in [4.69, 9.17) is 0 Å². The Labute approximate surface area is 130 Å². The highest BCUT2D eigenvalue weighted by atomic mass is 16.1. The van der Waals surface area contributed by atoms with Gasteiger partial charge in [-0.2, -0.15) is 0 Å². The second-order valence-corrected chi connectivity index (χ2v) is 5.33. The number of hydrogen-bond acceptors (Lipinski definition) is 1. The third-order valence-corrected chi connectivity index (χ3v) is 3.63. The number of hydrogen-bond donors (Lipinski definition) is 0. The van der Waals surface area contributed by atoms with Gasteiger partial charge in [0.15, 0.2) is 24.7 Å². The molecular weight excluding hydrogens is 270 g/mol. The van der Waals surface area contributed by atoms with E-state index in [0.717, 1.165) is 17.7 Å². The summed E-state index contributed by atoms with van der Waals surface area (Å²) >= 11 is 0. The third kappa shape index (κ3) is 3.67. The van der Waals surface area contributed by atoms with Crippen LogP contribution >= 0.6 is 0 Å². The third-order valence-electron chi connectivity index (χ3n) is 3.63. The molecule has 3 rings (SSSR count). The lowest BCUT2D eigenvalue weighted by molar-refractivity contribution is -0.688. The molecule has 2 nitrogen and oxygen atoms in total. The van der Waals surface area contributed by atoms with E-state index in [9.17, 15) is 4.79 Å². The van der Waals surface area contributed by atoms with E-state index in [1.807, 2.05) is 73.1 Å². The second kappa shape index (κ2) is 6.81. The van der Waals surface area contributed by atoms with Gasteiger partial charge >= 0.3 is 0 Å². The minimum Gasteiger partial charge on any atom is -0.294 e. The fourth-order valence-electron chi connectivity index (χ4n) is 2.42. The van der Waals surface area contributed by atoms with Crippen molar-refractivity contribution in [2.45, 2.75) is 13.0 Å². The van der Waals surface area contributed by atoms with Crippen molar-refractivity contribution in [3.05, 3.63) is 102 Å². The molecule has 0 aliphatic heterocycles. The van der Waals surface area contributed by atoms with Crippen LogP contribution in [0.15, 0.2) is 85.2 Å². The van der Waals surface area contributed by atoms with E-state index < -0.39 is 0 Å². The van der Waals surface area contributed by atoms with Gasteiger partial charge in [-0.3, -0.25) is 4.79 Å². The first-order valence-electron chi connectivity index (χ1n) is 7.41. The highest BCUT2D eigenvalue weighted by molar-refractivity contribution is 5.97. The van der Waals surface area contributed by atoms with Crippen LogP contribution < -0.4 is 4.57 Å². The van der Waals surface area contributed by atoms with Crippen molar-refractivity contribution in [2.75, 3.05) is 0 Å². The van der Waals surface area contributed by atoms with Crippen LogP contribution in [0.5, 0.6) is 0 Å². The second-order valence-electron chi connectivity index (χ2n) is 5.33.